The van der Waals surface area contributed by atoms with E-state index in [1.807, 2.05) is 36.4 Å². The normalized spacial score (nSPS) is 35.9. The molecule has 4 saturated carbocycles. The molecule has 0 aromatic heterocycles. The third kappa shape index (κ3) is 3.57. The molecule has 0 aliphatic heterocycles. The van der Waals surface area contributed by atoms with Crippen LogP contribution in [-0.2, 0) is 4.79 Å². The second kappa shape index (κ2) is 8.27. The Morgan fingerprint density at radius 2 is 1.48 bits per heavy atom. The van der Waals surface area contributed by atoms with Gasteiger partial charge in [-0.05, 0) is 85.8 Å². The molecule has 33 heavy (non-hydrogen) atoms. The van der Waals surface area contributed by atoms with Gasteiger partial charge in [-0.2, -0.15) is 0 Å². The predicted molar refractivity (Wildman–Crippen MR) is 133 cm³/mol. The Kier molecular flexibility index (Phi) is 5.24. The van der Waals surface area contributed by atoms with E-state index in [2.05, 4.69) is 25.1 Å². The van der Waals surface area contributed by atoms with Gasteiger partial charge in [0, 0.05) is 17.0 Å². The Hall–Kier alpha value is -2.68. The monoisotopic (exact) mass is 439 g/mol. The van der Waals surface area contributed by atoms with Crippen LogP contribution in [-0.4, -0.2) is 18.6 Å². The molecule has 2 aromatic rings. The minimum atomic E-state index is 0.0988. The fourth-order valence-corrected chi connectivity index (χ4v) is 7.87. The summed E-state index contributed by atoms with van der Waals surface area (Å²) >= 11 is 0. The van der Waals surface area contributed by atoms with Crippen molar-refractivity contribution in [2.24, 2.45) is 46.4 Å². The van der Waals surface area contributed by atoms with Gasteiger partial charge in [-0.25, -0.2) is 4.99 Å². The highest BCUT2D eigenvalue weighted by Gasteiger charge is 2.53. The smallest absolute Gasteiger partial charge is 0.200 e. The zero-order valence-corrected chi connectivity index (χ0v) is 19.6. The van der Waals surface area contributed by atoms with Gasteiger partial charge in [0.15, 0.2) is 5.78 Å². The third-order valence-electron chi connectivity index (χ3n) is 8.94. The molecular weight excluding hydrogens is 406 g/mol. The van der Waals surface area contributed by atoms with Crippen molar-refractivity contribution in [2.45, 2.75) is 39.0 Å². The van der Waals surface area contributed by atoms with Crippen LogP contribution in [0.4, 0.5) is 5.69 Å². The van der Waals surface area contributed by atoms with Gasteiger partial charge in [0.1, 0.15) is 5.75 Å². The molecule has 7 rings (SSSR count). The van der Waals surface area contributed by atoms with Gasteiger partial charge in [-0.1, -0.05) is 49.4 Å². The van der Waals surface area contributed by atoms with Crippen molar-refractivity contribution in [3.8, 4) is 16.9 Å². The quantitative estimate of drug-likeness (QED) is 0.520. The van der Waals surface area contributed by atoms with E-state index in [0.717, 1.165) is 51.9 Å². The molecule has 2 aromatic carbocycles. The standard InChI is InChI=1S/C30H33NO2/c1-18-11-12-26(32)30(28(18)29-21-14-19-13-20(16-21)17-22(29)15-19)31-25-9-5-3-7-23(25)24-8-4-6-10-27(24)33-2/h3-12,18-22,28-29H,13-17H2,1-2H3. The number of carbonyl (C=O) groups is 1. The van der Waals surface area contributed by atoms with Crippen molar-refractivity contribution in [2.75, 3.05) is 7.11 Å². The largest absolute Gasteiger partial charge is 0.496 e. The van der Waals surface area contributed by atoms with Gasteiger partial charge in [0.05, 0.1) is 18.5 Å². The third-order valence-corrected chi connectivity index (χ3v) is 8.94. The van der Waals surface area contributed by atoms with E-state index in [-0.39, 0.29) is 11.7 Å². The molecule has 170 valence electrons. The maximum Gasteiger partial charge on any atom is 0.200 e. The molecule has 3 heteroatoms. The van der Waals surface area contributed by atoms with Gasteiger partial charge >= 0.3 is 0 Å². The van der Waals surface area contributed by atoms with E-state index in [9.17, 15) is 4.79 Å². The molecule has 0 amide bonds. The Balaban J connectivity index is 1.44. The van der Waals surface area contributed by atoms with Crippen LogP contribution in [0.1, 0.15) is 39.0 Å². The Morgan fingerprint density at radius 1 is 0.848 bits per heavy atom. The highest BCUT2D eigenvalue weighted by Crippen LogP contribution is 2.59. The highest BCUT2D eigenvalue weighted by atomic mass is 16.5. The summed E-state index contributed by atoms with van der Waals surface area (Å²) in [6, 6.07) is 16.2. The first-order valence-electron chi connectivity index (χ1n) is 12.7. The summed E-state index contributed by atoms with van der Waals surface area (Å²) in [5.74, 6) is 5.49. The van der Waals surface area contributed by atoms with Crippen LogP contribution in [0.2, 0.25) is 0 Å². The molecular formula is C30H33NO2. The Bertz CT molecular complexity index is 1100. The maximum atomic E-state index is 13.3. The van der Waals surface area contributed by atoms with Crippen LogP contribution in [0.25, 0.3) is 11.1 Å². The van der Waals surface area contributed by atoms with Crippen LogP contribution in [0, 0.1) is 41.4 Å². The fraction of sp³-hybridized carbons (Fsp3) is 0.467. The summed E-state index contributed by atoms with van der Waals surface area (Å²) in [5.41, 5.74) is 3.67. The lowest BCUT2D eigenvalue weighted by atomic mass is 9.48. The van der Waals surface area contributed by atoms with Crippen molar-refractivity contribution >= 4 is 17.2 Å². The number of hydrogen-bond acceptors (Lipinski definition) is 3. The molecule has 0 spiro atoms. The number of allylic oxidation sites excluding steroid dienone is 2. The number of aliphatic imine (C=N–C) groups is 1. The summed E-state index contributed by atoms with van der Waals surface area (Å²) in [6.45, 7) is 2.29. The number of para-hydroxylation sites is 2. The van der Waals surface area contributed by atoms with Gasteiger partial charge in [-0.3, -0.25) is 4.79 Å². The molecule has 4 bridgehead atoms. The zero-order chi connectivity index (χ0) is 22.5. The van der Waals surface area contributed by atoms with Crippen molar-refractivity contribution in [1.29, 1.82) is 0 Å². The fourth-order valence-electron chi connectivity index (χ4n) is 7.87. The van der Waals surface area contributed by atoms with Crippen LogP contribution >= 0.6 is 0 Å². The van der Waals surface area contributed by atoms with Crippen molar-refractivity contribution in [3.05, 3.63) is 60.7 Å². The maximum absolute atomic E-state index is 13.3. The van der Waals surface area contributed by atoms with E-state index < -0.39 is 0 Å². The first kappa shape index (κ1) is 20.9. The summed E-state index contributed by atoms with van der Waals surface area (Å²) < 4.78 is 5.64. The molecule has 4 fully saturated rings. The van der Waals surface area contributed by atoms with Crippen molar-refractivity contribution in [1.82, 2.24) is 0 Å². The summed E-state index contributed by atoms with van der Waals surface area (Å²) in [7, 11) is 1.70. The second-order valence-electron chi connectivity index (χ2n) is 10.8. The first-order chi connectivity index (χ1) is 16.1. The molecule has 0 saturated heterocycles. The molecule has 0 radical (unpaired) electrons. The van der Waals surface area contributed by atoms with E-state index >= 15 is 0 Å². The highest BCUT2D eigenvalue weighted by molar-refractivity contribution is 6.46. The molecule has 5 aliphatic carbocycles. The van der Waals surface area contributed by atoms with Gasteiger partial charge in [0.25, 0.3) is 0 Å². The number of nitrogens with zero attached hydrogens (tertiary/aromatic N) is 1. The molecule has 3 nitrogen and oxygen atoms in total. The number of ketones is 1. The van der Waals surface area contributed by atoms with E-state index in [1.165, 1.54) is 32.1 Å². The van der Waals surface area contributed by atoms with Gasteiger partial charge in [-0.15, -0.1) is 0 Å². The lowest BCUT2D eigenvalue weighted by Gasteiger charge is -2.57. The second-order valence-corrected chi connectivity index (χ2v) is 10.8. The van der Waals surface area contributed by atoms with Crippen LogP contribution in [0.5, 0.6) is 5.75 Å². The number of benzene rings is 2. The number of hydrogen-bond donors (Lipinski definition) is 0. The number of rotatable bonds is 4. The lowest BCUT2D eigenvalue weighted by Crippen LogP contribution is -2.51. The molecule has 2 atom stereocenters. The topological polar surface area (TPSA) is 38.7 Å². The predicted octanol–water partition coefficient (Wildman–Crippen LogP) is 6.90. The van der Waals surface area contributed by atoms with Crippen LogP contribution in [0.3, 0.4) is 0 Å². The summed E-state index contributed by atoms with van der Waals surface area (Å²) in [5, 5.41) is 0. The Labute approximate surface area is 197 Å². The number of carbonyl (C=O) groups excluding carboxylic acids is 1. The molecule has 0 heterocycles. The van der Waals surface area contributed by atoms with Crippen LogP contribution in [0.15, 0.2) is 65.7 Å². The van der Waals surface area contributed by atoms with Gasteiger partial charge < -0.3 is 4.74 Å². The molecule has 2 unspecified atom stereocenters. The SMILES string of the molecule is COc1ccccc1-c1ccccc1N=C1C(=O)C=CC(C)C1C1C2CC3CC(C2)CC1C3. The average molecular weight is 440 g/mol. The van der Waals surface area contributed by atoms with E-state index in [4.69, 9.17) is 9.73 Å². The zero-order valence-electron chi connectivity index (χ0n) is 19.6. The number of ether oxygens (including phenoxy) is 1. The summed E-state index contributed by atoms with van der Waals surface area (Å²) in [6.07, 6.45) is 10.8. The minimum Gasteiger partial charge on any atom is -0.496 e. The minimum absolute atomic E-state index is 0.0988. The first-order valence-corrected chi connectivity index (χ1v) is 12.7. The summed E-state index contributed by atoms with van der Waals surface area (Å²) in [4.78, 5) is 18.5. The lowest BCUT2D eigenvalue weighted by molar-refractivity contribution is -0.110. The average Bonchev–Trinajstić information content (AvgIpc) is 2.82. The van der Waals surface area contributed by atoms with E-state index in [1.54, 1.807) is 13.2 Å². The van der Waals surface area contributed by atoms with Crippen molar-refractivity contribution in [3.63, 3.8) is 0 Å². The van der Waals surface area contributed by atoms with Gasteiger partial charge in [0.2, 0.25) is 0 Å². The Morgan fingerprint density at radius 3 is 2.18 bits per heavy atom. The molecule has 5 aliphatic rings. The van der Waals surface area contributed by atoms with Crippen LogP contribution < -0.4 is 4.74 Å². The number of methoxy groups -OCH3 is 1. The molecule has 0 N–H and O–H groups in total. The van der Waals surface area contributed by atoms with Crippen molar-refractivity contribution < 1.29 is 9.53 Å². The van der Waals surface area contributed by atoms with E-state index in [0.29, 0.717) is 11.8 Å².